The van der Waals surface area contributed by atoms with Gasteiger partial charge in [0.15, 0.2) is 6.10 Å². The van der Waals surface area contributed by atoms with Crippen LogP contribution in [0.3, 0.4) is 0 Å². The Morgan fingerprint density at radius 1 is 0.534 bits per heavy atom. The second-order valence-corrected chi connectivity index (χ2v) is 17.0. The van der Waals surface area contributed by atoms with Crippen LogP contribution in [0.15, 0.2) is 48.6 Å². The lowest BCUT2D eigenvalue weighted by atomic mass is 10.0. The Hall–Kier alpha value is -2.03. The van der Waals surface area contributed by atoms with Crippen molar-refractivity contribution >= 4 is 19.8 Å². The molecule has 0 bridgehead atoms. The van der Waals surface area contributed by atoms with E-state index in [2.05, 4.69) is 61.7 Å². The predicted molar refractivity (Wildman–Crippen MR) is 243 cm³/mol. The van der Waals surface area contributed by atoms with Crippen LogP contribution >= 0.6 is 7.82 Å². The van der Waals surface area contributed by atoms with Crippen LogP contribution in [-0.2, 0) is 32.7 Å². The first-order valence-corrected chi connectivity index (χ1v) is 25.1. The van der Waals surface area contributed by atoms with Gasteiger partial charge >= 0.3 is 19.8 Å². The molecular weight excluding hydrogens is 750 g/mol. The zero-order chi connectivity index (χ0) is 42.5. The molecule has 2 N–H and O–H groups in total. The highest BCUT2D eigenvalue weighted by molar-refractivity contribution is 7.47. The molecule has 0 saturated carbocycles. The molecule has 0 radical (unpaired) electrons. The summed E-state index contributed by atoms with van der Waals surface area (Å²) in [6.45, 7) is 4.15. The van der Waals surface area contributed by atoms with Crippen LogP contribution < -0.4 is 5.32 Å². The number of nitrogens with one attached hydrogen (secondary N) is 1. The quantitative estimate of drug-likeness (QED) is 0.0267. The van der Waals surface area contributed by atoms with Gasteiger partial charge in [-0.1, -0.05) is 191 Å². The smallest absolute Gasteiger partial charge is 0.462 e. The van der Waals surface area contributed by atoms with Gasteiger partial charge in [0.2, 0.25) is 0 Å². The second kappa shape index (κ2) is 44.5. The van der Waals surface area contributed by atoms with Crippen LogP contribution in [0.25, 0.3) is 0 Å². The Balaban J connectivity index is 4.23. The summed E-state index contributed by atoms with van der Waals surface area (Å²) < 4.78 is 33.2. The Labute approximate surface area is 356 Å². The predicted octanol–water partition coefficient (Wildman–Crippen LogP) is 13.8. The topological polar surface area (TPSA) is 120 Å². The number of phosphoric ester groups is 1. The van der Waals surface area contributed by atoms with Gasteiger partial charge in [-0.25, -0.2) is 4.57 Å². The molecule has 0 aliphatic rings. The van der Waals surface area contributed by atoms with Crippen LogP contribution in [0.2, 0.25) is 0 Å². The number of esters is 2. The van der Waals surface area contributed by atoms with Crippen molar-refractivity contribution in [2.75, 3.05) is 33.4 Å². The molecular formula is C48H88NO8P. The van der Waals surface area contributed by atoms with E-state index >= 15 is 0 Å². The first kappa shape index (κ1) is 56.0. The van der Waals surface area contributed by atoms with Crippen LogP contribution in [-0.4, -0.2) is 56.3 Å². The maximum Gasteiger partial charge on any atom is 0.472 e. The molecule has 0 saturated heterocycles. The minimum Gasteiger partial charge on any atom is -0.462 e. The molecule has 338 valence electrons. The van der Waals surface area contributed by atoms with Crippen molar-refractivity contribution in [1.82, 2.24) is 5.32 Å². The largest absolute Gasteiger partial charge is 0.472 e. The van der Waals surface area contributed by atoms with Crippen LogP contribution in [0.5, 0.6) is 0 Å². The van der Waals surface area contributed by atoms with Crippen LogP contribution in [0.1, 0.15) is 206 Å². The first-order valence-electron chi connectivity index (χ1n) is 23.6. The molecule has 2 atom stereocenters. The van der Waals surface area contributed by atoms with E-state index in [4.69, 9.17) is 18.5 Å². The van der Waals surface area contributed by atoms with Gasteiger partial charge in [0, 0.05) is 19.4 Å². The Morgan fingerprint density at radius 3 is 1.43 bits per heavy atom. The summed E-state index contributed by atoms with van der Waals surface area (Å²) in [5.74, 6) is -0.866. The van der Waals surface area contributed by atoms with Crippen molar-refractivity contribution in [2.24, 2.45) is 0 Å². The number of hydrogen-bond donors (Lipinski definition) is 2. The number of allylic oxidation sites excluding steroid dienone is 8. The second-order valence-electron chi connectivity index (χ2n) is 15.6. The zero-order valence-corrected chi connectivity index (χ0v) is 38.4. The zero-order valence-electron chi connectivity index (χ0n) is 37.5. The molecule has 0 amide bonds. The summed E-state index contributed by atoms with van der Waals surface area (Å²) in [4.78, 5) is 35.1. The van der Waals surface area contributed by atoms with Gasteiger partial charge in [0.1, 0.15) is 6.61 Å². The highest BCUT2D eigenvalue weighted by atomic mass is 31.2. The number of hydrogen-bond acceptors (Lipinski definition) is 8. The summed E-state index contributed by atoms with van der Waals surface area (Å²) in [6.07, 6.45) is 50.2. The molecule has 2 unspecified atom stereocenters. The van der Waals surface area contributed by atoms with Gasteiger partial charge in [-0.3, -0.25) is 18.6 Å². The Morgan fingerprint density at radius 2 is 0.948 bits per heavy atom. The molecule has 0 heterocycles. The molecule has 0 aliphatic heterocycles. The normalized spacial score (nSPS) is 13.7. The summed E-state index contributed by atoms with van der Waals surface area (Å²) >= 11 is 0. The summed E-state index contributed by atoms with van der Waals surface area (Å²) in [7, 11) is -2.67. The lowest BCUT2D eigenvalue weighted by Gasteiger charge is -2.20. The molecule has 9 nitrogen and oxygen atoms in total. The van der Waals surface area contributed by atoms with E-state index in [9.17, 15) is 19.0 Å². The monoisotopic (exact) mass is 838 g/mol. The third-order valence-corrected chi connectivity index (χ3v) is 10.9. The maximum absolute atomic E-state index is 12.6. The Kier molecular flexibility index (Phi) is 43.0. The number of unbranched alkanes of at least 4 members (excludes halogenated alkanes) is 22. The van der Waals surface area contributed by atoms with E-state index in [0.29, 0.717) is 19.4 Å². The molecule has 0 aromatic heterocycles. The first-order chi connectivity index (χ1) is 28.3. The summed E-state index contributed by atoms with van der Waals surface area (Å²) in [5, 5.41) is 2.82. The average Bonchev–Trinajstić information content (AvgIpc) is 3.21. The van der Waals surface area contributed by atoms with Gasteiger partial charge in [0.05, 0.1) is 13.2 Å². The summed E-state index contributed by atoms with van der Waals surface area (Å²) in [6, 6.07) is 0. The summed E-state index contributed by atoms with van der Waals surface area (Å²) in [5.41, 5.74) is 0. The van der Waals surface area contributed by atoms with Gasteiger partial charge < -0.3 is 19.7 Å². The van der Waals surface area contributed by atoms with E-state index in [1.54, 1.807) is 7.05 Å². The van der Waals surface area contributed by atoms with Gasteiger partial charge in [0.25, 0.3) is 0 Å². The van der Waals surface area contributed by atoms with E-state index in [1.165, 1.54) is 128 Å². The molecule has 0 aliphatic carbocycles. The fourth-order valence-corrected chi connectivity index (χ4v) is 7.12. The van der Waals surface area contributed by atoms with Gasteiger partial charge in [-0.15, -0.1) is 0 Å². The standard InChI is InChI=1S/C48H88NO8P/c1-4-6-8-10-12-14-16-18-20-22-23-25-26-28-30-32-34-36-38-40-47(50)54-44-46(45-56-58(52,53)55-43-42-49-3)57-48(51)41-39-37-35-33-31-29-27-24-21-19-17-15-13-11-9-7-5-2/h13,15,19,21,27,29,33,35,46,49H,4-12,14,16-18,20,22-26,28,30-32,34,36-45H2,1-3H3,(H,52,53)/b15-13-,21-19-,29-27-,35-33-. The number of carbonyl (C=O) groups excluding carboxylic acids is 2. The third-order valence-electron chi connectivity index (χ3n) is 9.95. The van der Waals surface area contributed by atoms with Crippen molar-refractivity contribution in [3.8, 4) is 0 Å². The Bertz CT molecular complexity index is 1090. The van der Waals surface area contributed by atoms with Crippen molar-refractivity contribution < 1.29 is 37.6 Å². The van der Waals surface area contributed by atoms with Gasteiger partial charge in [-0.05, 0) is 58.4 Å². The van der Waals surface area contributed by atoms with Crippen LogP contribution in [0, 0.1) is 0 Å². The molecule has 0 spiro atoms. The van der Waals surface area contributed by atoms with E-state index in [1.807, 2.05) is 6.08 Å². The molecule has 0 rings (SSSR count). The van der Waals surface area contributed by atoms with E-state index in [0.717, 1.165) is 38.5 Å². The maximum atomic E-state index is 12.6. The molecule has 0 aromatic rings. The molecule has 0 fully saturated rings. The van der Waals surface area contributed by atoms with Gasteiger partial charge in [-0.2, -0.15) is 0 Å². The van der Waals surface area contributed by atoms with Crippen molar-refractivity contribution in [3.63, 3.8) is 0 Å². The minimum atomic E-state index is -4.37. The molecule has 58 heavy (non-hydrogen) atoms. The molecule has 0 aromatic carbocycles. The number of carbonyl (C=O) groups is 2. The average molecular weight is 838 g/mol. The number of ether oxygens (including phenoxy) is 2. The fourth-order valence-electron chi connectivity index (χ4n) is 6.37. The SMILES string of the molecule is CCCCC/C=C\C/C=C\C/C=C\C/C=C\CCCC(=O)OC(COC(=O)CCCCCCCCCCCCCCCCCCCCC)COP(=O)(O)OCCNC. The number of phosphoric acid groups is 1. The molecule has 10 heteroatoms. The lowest BCUT2D eigenvalue weighted by Crippen LogP contribution is -2.29. The van der Waals surface area contributed by atoms with Crippen molar-refractivity contribution in [2.45, 2.75) is 213 Å². The van der Waals surface area contributed by atoms with Crippen molar-refractivity contribution in [3.05, 3.63) is 48.6 Å². The number of rotatable bonds is 44. The van der Waals surface area contributed by atoms with E-state index < -0.39 is 26.5 Å². The number of likely N-dealkylation sites (N-methyl/N-ethyl adjacent to an activating group) is 1. The van der Waals surface area contributed by atoms with Crippen LogP contribution in [0.4, 0.5) is 0 Å². The highest BCUT2D eigenvalue weighted by Crippen LogP contribution is 2.43. The third kappa shape index (κ3) is 43.5. The van der Waals surface area contributed by atoms with Crippen molar-refractivity contribution in [1.29, 1.82) is 0 Å². The minimum absolute atomic E-state index is 0.0271. The lowest BCUT2D eigenvalue weighted by molar-refractivity contribution is -0.161. The highest BCUT2D eigenvalue weighted by Gasteiger charge is 2.26. The fraction of sp³-hybridized carbons (Fsp3) is 0.792. The van der Waals surface area contributed by atoms with E-state index in [-0.39, 0.29) is 32.0 Å².